The van der Waals surface area contributed by atoms with Crippen LogP contribution < -0.4 is 10.6 Å². The number of rotatable bonds is 8. The molecule has 2 N–H and O–H groups in total. The van der Waals surface area contributed by atoms with Crippen LogP contribution >= 0.6 is 35.0 Å². The molecule has 0 fully saturated rings. The van der Waals surface area contributed by atoms with Gasteiger partial charge in [0.15, 0.2) is 11.0 Å². The number of aromatic nitrogens is 3. The van der Waals surface area contributed by atoms with Gasteiger partial charge in [0.05, 0.1) is 22.9 Å². The summed E-state index contributed by atoms with van der Waals surface area (Å²) in [4.78, 5) is 24.7. The highest BCUT2D eigenvalue weighted by molar-refractivity contribution is 7.99. The zero-order valence-corrected chi connectivity index (χ0v) is 19.3. The lowest BCUT2D eigenvalue weighted by atomic mass is 10.1. The van der Waals surface area contributed by atoms with Crippen LogP contribution in [0.3, 0.4) is 0 Å². The van der Waals surface area contributed by atoms with E-state index in [2.05, 4.69) is 20.8 Å². The van der Waals surface area contributed by atoms with Crippen LogP contribution in [-0.2, 0) is 24.8 Å². The molecule has 3 aromatic rings. The average Bonchev–Trinajstić information content (AvgIpc) is 3.10. The Kier molecular flexibility index (Phi) is 7.95. The highest BCUT2D eigenvalue weighted by Crippen LogP contribution is 2.21. The largest absolute Gasteiger partial charge is 0.345 e. The topological polar surface area (TPSA) is 88.9 Å². The summed E-state index contributed by atoms with van der Waals surface area (Å²) >= 11 is 13.2. The van der Waals surface area contributed by atoms with Crippen molar-refractivity contribution in [2.45, 2.75) is 25.0 Å². The van der Waals surface area contributed by atoms with Crippen LogP contribution in [0.15, 0.2) is 47.6 Å². The molecule has 0 bridgehead atoms. The number of halogens is 2. The molecule has 0 aliphatic heterocycles. The van der Waals surface area contributed by atoms with E-state index in [-0.39, 0.29) is 29.1 Å². The Bertz CT molecular complexity index is 1100. The summed E-state index contributed by atoms with van der Waals surface area (Å²) in [5.74, 6) is 0.281. The molecule has 0 aliphatic carbocycles. The predicted octanol–water partition coefficient (Wildman–Crippen LogP) is 4.35. The second-order valence-corrected chi connectivity index (χ2v) is 8.40. The summed E-state index contributed by atoms with van der Waals surface area (Å²) in [6.07, 6.45) is 0.837. The molecule has 0 atom stereocenters. The molecular weight excluding hydrogens is 457 g/mol. The summed E-state index contributed by atoms with van der Waals surface area (Å²) in [6.45, 7) is 2.21. The van der Waals surface area contributed by atoms with Gasteiger partial charge in [-0.15, -0.1) is 10.2 Å². The van der Waals surface area contributed by atoms with Gasteiger partial charge in [-0.1, -0.05) is 60.1 Å². The number of thioether (sulfide) groups is 1. The average molecular weight is 478 g/mol. The second-order valence-electron chi connectivity index (χ2n) is 6.61. The molecule has 2 amide bonds. The maximum atomic E-state index is 12.4. The zero-order valence-electron chi connectivity index (χ0n) is 17.0. The van der Waals surface area contributed by atoms with E-state index in [0.29, 0.717) is 21.6 Å². The van der Waals surface area contributed by atoms with Crippen LogP contribution in [0.2, 0.25) is 10.0 Å². The molecule has 31 heavy (non-hydrogen) atoms. The summed E-state index contributed by atoms with van der Waals surface area (Å²) in [6, 6.07) is 12.4. The maximum Gasteiger partial charge on any atom is 0.253 e. The van der Waals surface area contributed by atoms with Gasteiger partial charge >= 0.3 is 0 Å². The smallest absolute Gasteiger partial charge is 0.253 e. The Morgan fingerprint density at radius 3 is 2.65 bits per heavy atom. The first-order valence-electron chi connectivity index (χ1n) is 9.51. The van der Waals surface area contributed by atoms with Gasteiger partial charge in [-0.3, -0.25) is 9.59 Å². The van der Waals surface area contributed by atoms with Crippen molar-refractivity contribution < 1.29 is 9.59 Å². The van der Waals surface area contributed by atoms with Crippen LogP contribution in [0.5, 0.6) is 0 Å². The first-order valence-corrected chi connectivity index (χ1v) is 11.2. The minimum atomic E-state index is -0.340. The van der Waals surface area contributed by atoms with Crippen molar-refractivity contribution in [1.82, 2.24) is 20.1 Å². The number of nitrogens with one attached hydrogen (secondary N) is 2. The van der Waals surface area contributed by atoms with Crippen molar-refractivity contribution in [3.05, 3.63) is 69.5 Å². The number of hydrogen-bond acceptors (Lipinski definition) is 5. The van der Waals surface area contributed by atoms with Gasteiger partial charge < -0.3 is 15.2 Å². The lowest BCUT2D eigenvalue weighted by Gasteiger charge is -2.09. The third kappa shape index (κ3) is 6.00. The molecule has 3 rings (SSSR count). The predicted molar refractivity (Wildman–Crippen MR) is 124 cm³/mol. The first kappa shape index (κ1) is 23.1. The normalized spacial score (nSPS) is 10.7. The molecule has 0 spiro atoms. The number of benzene rings is 2. The summed E-state index contributed by atoms with van der Waals surface area (Å²) in [7, 11) is 1.78. The molecule has 1 heterocycles. The molecule has 0 unspecified atom stereocenters. The zero-order chi connectivity index (χ0) is 22.4. The second kappa shape index (κ2) is 10.7. The van der Waals surface area contributed by atoms with Gasteiger partial charge in [0.1, 0.15) is 0 Å². The minimum Gasteiger partial charge on any atom is -0.345 e. The number of carbonyl (C=O) groups is 2. The van der Waals surface area contributed by atoms with E-state index in [9.17, 15) is 9.59 Å². The van der Waals surface area contributed by atoms with Crippen molar-refractivity contribution in [3.63, 3.8) is 0 Å². The van der Waals surface area contributed by atoms with Crippen LogP contribution in [-0.4, -0.2) is 32.3 Å². The summed E-state index contributed by atoms with van der Waals surface area (Å²) < 4.78 is 1.74. The first-order chi connectivity index (χ1) is 14.9. The molecule has 0 radical (unpaired) electrons. The van der Waals surface area contributed by atoms with E-state index >= 15 is 0 Å². The van der Waals surface area contributed by atoms with Crippen molar-refractivity contribution in [2.75, 3.05) is 11.1 Å². The van der Waals surface area contributed by atoms with E-state index in [0.717, 1.165) is 17.7 Å². The fourth-order valence-electron chi connectivity index (χ4n) is 2.82. The Morgan fingerprint density at radius 2 is 1.90 bits per heavy atom. The van der Waals surface area contributed by atoms with Gasteiger partial charge in [-0.2, -0.15) is 0 Å². The highest BCUT2D eigenvalue weighted by Gasteiger charge is 2.15. The summed E-state index contributed by atoms with van der Waals surface area (Å²) in [5.41, 5.74) is 2.23. The highest BCUT2D eigenvalue weighted by atomic mass is 35.5. The van der Waals surface area contributed by atoms with Gasteiger partial charge in [0.25, 0.3) is 5.91 Å². The van der Waals surface area contributed by atoms with Gasteiger partial charge in [-0.05, 0) is 36.2 Å². The number of carbonyl (C=O) groups excluding carboxylic acids is 2. The van der Waals surface area contributed by atoms with E-state index in [1.54, 1.807) is 23.7 Å². The Labute approximate surface area is 194 Å². The van der Waals surface area contributed by atoms with Crippen LogP contribution in [0.1, 0.15) is 28.7 Å². The van der Waals surface area contributed by atoms with Gasteiger partial charge in [0.2, 0.25) is 5.91 Å². The van der Waals surface area contributed by atoms with Crippen LogP contribution in [0, 0.1) is 0 Å². The molecule has 162 valence electrons. The molecular formula is C21H21Cl2N5O2S. The van der Waals surface area contributed by atoms with E-state index in [4.69, 9.17) is 23.2 Å². The lowest BCUT2D eigenvalue weighted by Crippen LogP contribution is -2.24. The van der Waals surface area contributed by atoms with Crippen LogP contribution in [0.4, 0.5) is 5.69 Å². The Hall–Kier alpha value is -2.55. The van der Waals surface area contributed by atoms with E-state index in [1.807, 2.05) is 31.2 Å². The number of amides is 2. The third-order valence-corrected chi connectivity index (χ3v) is 6.08. The van der Waals surface area contributed by atoms with Crippen LogP contribution in [0.25, 0.3) is 0 Å². The van der Waals surface area contributed by atoms with Crippen molar-refractivity contribution in [3.8, 4) is 0 Å². The van der Waals surface area contributed by atoms with Crippen molar-refractivity contribution >= 4 is 52.5 Å². The number of aryl methyl sites for hydroxylation is 1. The fraction of sp³-hybridized carbons (Fsp3) is 0.238. The molecule has 1 aromatic heterocycles. The van der Waals surface area contributed by atoms with E-state index < -0.39 is 0 Å². The molecule has 10 heteroatoms. The minimum absolute atomic E-state index is 0.124. The Balaban J connectivity index is 1.55. The Morgan fingerprint density at radius 1 is 1.13 bits per heavy atom. The number of nitrogens with zero attached hydrogens (tertiary/aromatic N) is 3. The third-order valence-electron chi connectivity index (χ3n) is 4.51. The standard InChI is InChI=1S/C21H21Cl2N5O2S/c1-3-13-6-4-5-7-17(13)25-19(29)12-31-21-27-26-18(28(21)2)11-24-20(30)15-9-8-14(22)10-16(15)23/h4-10H,3,11-12H2,1-2H3,(H,24,30)(H,25,29). The van der Waals surface area contributed by atoms with Gasteiger partial charge in [-0.25, -0.2) is 0 Å². The summed E-state index contributed by atoms with van der Waals surface area (Å²) in [5, 5.41) is 15.2. The molecule has 7 nitrogen and oxygen atoms in total. The number of anilines is 1. The number of para-hydroxylation sites is 1. The maximum absolute atomic E-state index is 12.4. The van der Waals surface area contributed by atoms with Gasteiger partial charge in [0, 0.05) is 17.8 Å². The molecule has 0 saturated carbocycles. The van der Waals surface area contributed by atoms with Crippen molar-refractivity contribution in [2.24, 2.45) is 7.05 Å². The number of hydrogen-bond donors (Lipinski definition) is 2. The molecule has 0 saturated heterocycles. The molecule has 2 aromatic carbocycles. The fourth-order valence-corrected chi connectivity index (χ4v) is 4.04. The lowest BCUT2D eigenvalue weighted by molar-refractivity contribution is -0.113. The van der Waals surface area contributed by atoms with Crippen molar-refractivity contribution in [1.29, 1.82) is 0 Å². The molecule has 0 aliphatic rings. The monoisotopic (exact) mass is 477 g/mol. The SMILES string of the molecule is CCc1ccccc1NC(=O)CSc1nnc(CNC(=O)c2ccc(Cl)cc2Cl)n1C. The van der Waals surface area contributed by atoms with E-state index in [1.165, 1.54) is 17.8 Å². The quantitative estimate of drug-likeness (QED) is 0.470.